The average molecular weight is 446 g/mol. The lowest BCUT2D eigenvalue weighted by molar-refractivity contribution is 0.0742. The van der Waals surface area contributed by atoms with Crippen LogP contribution >= 0.6 is 0 Å². The summed E-state index contributed by atoms with van der Waals surface area (Å²) in [5, 5.41) is 0.638. The van der Waals surface area contributed by atoms with Crippen LogP contribution in [0.3, 0.4) is 0 Å². The lowest BCUT2D eigenvalue weighted by Gasteiger charge is -2.35. The number of benzene rings is 1. The van der Waals surface area contributed by atoms with Gasteiger partial charge in [-0.3, -0.25) is 9.36 Å². The molecule has 10 nitrogen and oxygen atoms in total. The maximum atomic E-state index is 13.1. The summed E-state index contributed by atoms with van der Waals surface area (Å²) in [7, 11) is 1.50. The molecule has 168 valence electrons. The predicted octanol–water partition coefficient (Wildman–Crippen LogP) is 2.05. The molecule has 0 aliphatic carbocycles. The molecule has 1 saturated heterocycles. The summed E-state index contributed by atoms with van der Waals surface area (Å²) >= 11 is 0. The number of methoxy groups -OCH3 is 1. The number of piperazine rings is 1. The zero-order valence-electron chi connectivity index (χ0n) is 18.3. The van der Waals surface area contributed by atoms with Gasteiger partial charge in [-0.15, -0.1) is 0 Å². The minimum atomic E-state index is -0.671. The van der Waals surface area contributed by atoms with E-state index in [9.17, 15) is 9.59 Å². The van der Waals surface area contributed by atoms with Crippen molar-refractivity contribution in [1.82, 2.24) is 24.4 Å². The van der Waals surface area contributed by atoms with Crippen LogP contribution in [0.25, 0.3) is 16.8 Å². The molecule has 0 atom stereocenters. The minimum absolute atomic E-state index is 0.0177. The zero-order chi connectivity index (χ0) is 22.9. The van der Waals surface area contributed by atoms with Crippen molar-refractivity contribution in [3.8, 4) is 11.6 Å². The van der Waals surface area contributed by atoms with E-state index >= 15 is 0 Å². The SMILES string of the molecule is COc1cccc2cc(C(=O)N3CCN(c4cc(-n5ccnc5C)ncn4)CC3)c(=O)oc12. The van der Waals surface area contributed by atoms with Crippen molar-refractivity contribution >= 4 is 22.7 Å². The number of anilines is 1. The van der Waals surface area contributed by atoms with Crippen molar-refractivity contribution < 1.29 is 13.9 Å². The van der Waals surface area contributed by atoms with Crippen molar-refractivity contribution in [3.63, 3.8) is 0 Å². The third-order valence-electron chi connectivity index (χ3n) is 5.78. The number of carbonyl (C=O) groups excluding carboxylic acids is 1. The summed E-state index contributed by atoms with van der Waals surface area (Å²) in [4.78, 5) is 42.4. The smallest absolute Gasteiger partial charge is 0.349 e. The number of aromatic nitrogens is 4. The van der Waals surface area contributed by atoms with Gasteiger partial charge < -0.3 is 19.0 Å². The molecule has 0 spiro atoms. The fraction of sp³-hybridized carbons (Fsp3) is 0.261. The number of para-hydroxylation sites is 1. The first-order valence-electron chi connectivity index (χ1n) is 10.5. The van der Waals surface area contributed by atoms with Gasteiger partial charge in [-0.25, -0.2) is 19.7 Å². The van der Waals surface area contributed by atoms with Crippen LogP contribution in [-0.4, -0.2) is 63.6 Å². The van der Waals surface area contributed by atoms with Gasteiger partial charge in [0.2, 0.25) is 0 Å². The first-order chi connectivity index (χ1) is 16.0. The fourth-order valence-electron chi connectivity index (χ4n) is 4.00. The number of carbonyl (C=O) groups is 1. The summed E-state index contributed by atoms with van der Waals surface area (Å²) in [5.74, 6) is 2.45. The number of aryl methyl sites for hydroxylation is 1. The molecular weight excluding hydrogens is 424 g/mol. The minimum Gasteiger partial charge on any atom is -0.493 e. The zero-order valence-corrected chi connectivity index (χ0v) is 18.3. The second-order valence-corrected chi connectivity index (χ2v) is 7.68. The highest BCUT2D eigenvalue weighted by atomic mass is 16.5. The van der Waals surface area contributed by atoms with Crippen LogP contribution in [0.1, 0.15) is 16.2 Å². The van der Waals surface area contributed by atoms with E-state index in [1.807, 2.05) is 23.8 Å². The molecule has 1 amide bonds. The number of fused-ring (bicyclic) bond motifs is 1. The number of ether oxygens (including phenoxy) is 1. The highest BCUT2D eigenvalue weighted by Gasteiger charge is 2.26. The molecule has 33 heavy (non-hydrogen) atoms. The first kappa shape index (κ1) is 20.7. The highest BCUT2D eigenvalue weighted by molar-refractivity contribution is 5.97. The van der Waals surface area contributed by atoms with E-state index in [1.165, 1.54) is 13.4 Å². The Bertz CT molecular complexity index is 1390. The second-order valence-electron chi connectivity index (χ2n) is 7.68. The van der Waals surface area contributed by atoms with Crippen LogP contribution < -0.4 is 15.3 Å². The Labute approximate surface area is 189 Å². The second kappa shape index (κ2) is 8.38. The quantitative estimate of drug-likeness (QED) is 0.439. The van der Waals surface area contributed by atoms with Gasteiger partial charge in [-0.05, 0) is 19.1 Å². The molecule has 1 aliphatic rings. The normalized spacial score (nSPS) is 14.0. The number of hydrogen-bond acceptors (Lipinski definition) is 8. The maximum absolute atomic E-state index is 13.1. The van der Waals surface area contributed by atoms with Gasteiger partial charge in [0.25, 0.3) is 5.91 Å². The summed E-state index contributed by atoms with van der Waals surface area (Å²) in [6.07, 6.45) is 5.10. The Morgan fingerprint density at radius 1 is 1.06 bits per heavy atom. The third kappa shape index (κ3) is 3.79. The molecule has 1 aliphatic heterocycles. The van der Waals surface area contributed by atoms with Gasteiger partial charge in [-0.1, -0.05) is 12.1 Å². The van der Waals surface area contributed by atoms with E-state index in [2.05, 4.69) is 19.9 Å². The Morgan fingerprint density at radius 3 is 2.58 bits per heavy atom. The first-order valence-corrected chi connectivity index (χ1v) is 10.5. The Balaban J connectivity index is 1.33. The van der Waals surface area contributed by atoms with Crippen LogP contribution in [-0.2, 0) is 0 Å². The molecule has 10 heteroatoms. The van der Waals surface area contributed by atoms with Crippen molar-refractivity contribution in [3.05, 3.63) is 70.9 Å². The van der Waals surface area contributed by atoms with Gasteiger partial charge >= 0.3 is 5.63 Å². The highest BCUT2D eigenvalue weighted by Crippen LogP contribution is 2.25. The van der Waals surface area contributed by atoms with E-state index in [0.717, 1.165) is 17.5 Å². The Hall–Kier alpha value is -4.21. The molecular formula is C23H22N6O4. The van der Waals surface area contributed by atoms with Gasteiger partial charge in [0, 0.05) is 50.0 Å². The number of amides is 1. The summed E-state index contributed by atoms with van der Waals surface area (Å²) in [6.45, 7) is 3.98. The van der Waals surface area contributed by atoms with E-state index < -0.39 is 5.63 Å². The van der Waals surface area contributed by atoms with Gasteiger partial charge in [-0.2, -0.15) is 0 Å². The van der Waals surface area contributed by atoms with Crippen LogP contribution in [0, 0.1) is 6.92 Å². The number of hydrogen-bond donors (Lipinski definition) is 0. The number of rotatable bonds is 4. The molecule has 0 saturated carbocycles. The fourth-order valence-corrected chi connectivity index (χ4v) is 4.00. The van der Waals surface area contributed by atoms with Crippen LogP contribution in [0.2, 0.25) is 0 Å². The Morgan fingerprint density at radius 2 is 1.85 bits per heavy atom. The molecule has 5 rings (SSSR count). The van der Waals surface area contributed by atoms with Crippen molar-refractivity contribution in [1.29, 1.82) is 0 Å². The summed E-state index contributed by atoms with van der Waals surface area (Å²) < 4.78 is 12.5. The third-order valence-corrected chi connectivity index (χ3v) is 5.78. The standard InChI is InChI=1S/C23H22N6O4/c1-15-24-6-7-29(15)20-13-19(25-14-26-20)27-8-10-28(11-9-27)22(30)17-12-16-4-3-5-18(32-2)21(16)33-23(17)31/h3-7,12-14H,8-11H2,1-2H3. The van der Waals surface area contributed by atoms with Crippen molar-refractivity contribution in [2.75, 3.05) is 38.2 Å². The average Bonchev–Trinajstić information content (AvgIpc) is 3.29. The largest absolute Gasteiger partial charge is 0.493 e. The number of imidazole rings is 1. The molecule has 3 aromatic heterocycles. The summed E-state index contributed by atoms with van der Waals surface area (Å²) in [5.41, 5.74) is -0.321. The maximum Gasteiger partial charge on any atom is 0.349 e. The predicted molar refractivity (Wildman–Crippen MR) is 121 cm³/mol. The summed E-state index contributed by atoms with van der Waals surface area (Å²) in [6, 6.07) is 8.75. The molecule has 0 bridgehead atoms. The molecule has 0 N–H and O–H groups in total. The molecule has 4 aromatic rings. The van der Waals surface area contributed by atoms with E-state index in [1.54, 1.807) is 35.4 Å². The van der Waals surface area contributed by atoms with Crippen molar-refractivity contribution in [2.24, 2.45) is 0 Å². The molecule has 1 fully saturated rings. The lowest BCUT2D eigenvalue weighted by atomic mass is 10.1. The van der Waals surface area contributed by atoms with E-state index in [0.29, 0.717) is 42.9 Å². The molecule has 0 unspecified atom stereocenters. The van der Waals surface area contributed by atoms with Crippen LogP contribution in [0.5, 0.6) is 5.75 Å². The topological polar surface area (TPSA) is 107 Å². The molecule has 1 aromatic carbocycles. The molecule has 4 heterocycles. The van der Waals surface area contributed by atoms with E-state index in [-0.39, 0.29) is 11.5 Å². The van der Waals surface area contributed by atoms with Gasteiger partial charge in [0.1, 0.15) is 29.4 Å². The van der Waals surface area contributed by atoms with Crippen LogP contribution in [0.4, 0.5) is 5.82 Å². The molecule has 0 radical (unpaired) electrons. The van der Waals surface area contributed by atoms with Gasteiger partial charge in [0.05, 0.1) is 7.11 Å². The Kier molecular flexibility index (Phi) is 5.25. The van der Waals surface area contributed by atoms with E-state index in [4.69, 9.17) is 9.15 Å². The van der Waals surface area contributed by atoms with Crippen molar-refractivity contribution in [2.45, 2.75) is 6.92 Å². The van der Waals surface area contributed by atoms with Crippen LogP contribution in [0.15, 0.2) is 58.3 Å². The lowest BCUT2D eigenvalue weighted by Crippen LogP contribution is -2.49. The number of nitrogens with zero attached hydrogens (tertiary/aromatic N) is 6. The monoisotopic (exact) mass is 446 g/mol. The van der Waals surface area contributed by atoms with Gasteiger partial charge in [0.15, 0.2) is 11.3 Å².